The van der Waals surface area contributed by atoms with Crippen LogP contribution in [0.1, 0.15) is 21.7 Å². The zero-order valence-electron chi connectivity index (χ0n) is 11.9. The molecule has 0 unspecified atom stereocenters. The van der Waals surface area contributed by atoms with E-state index in [1.54, 1.807) is 6.92 Å². The summed E-state index contributed by atoms with van der Waals surface area (Å²) in [6, 6.07) is 4.19. The molecule has 0 aliphatic carbocycles. The van der Waals surface area contributed by atoms with Gasteiger partial charge in [0.2, 0.25) is 6.79 Å². The van der Waals surface area contributed by atoms with Gasteiger partial charge in [0, 0.05) is 0 Å². The number of fused-ring (bicyclic) bond motifs is 1. The topological polar surface area (TPSA) is 116 Å². The number of benzene rings is 1. The number of hydrazone groups is 1. The predicted molar refractivity (Wildman–Crippen MR) is 77.7 cm³/mol. The van der Waals surface area contributed by atoms with Gasteiger partial charge in [-0.25, -0.2) is 5.43 Å². The molecule has 1 aromatic heterocycles. The lowest BCUT2D eigenvalue weighted by atomic mass is 10.1. The van der Waals surface area contributed by atoms with E-state index in [4.69, 9.17) is 13.9 Å². The summed E-state index contributed by atoms with van der Waals surface area (Å²) in [5.74, 6) is 0.656. The van der Waals surface area contributed by atoms with Crippen LogP contribution in [0.4, 0.5) is 5.69 Å². The number of hydrogen-bond acceptors (Lipinski definition) is 7. The minimum absolute atomic E-state index is 0.00356. The van der Waals surface area contributed by atoms with Crippen molar-refractivity contribution in [1.82, 2.24) is 5.43 Å². The van der Waals surface area contributed by atoms with Gasteiger partial charge in [-0.15, -0.1) is 0 Å². The maximum Gasteiger partial charge on any atom is 0.282 e. The van der Waals surface area contributed by atoms with E-state index in [9.17, 15) is 14.9 Å². The first-order chi connectivity index (χ1) is 11.1. The molecule has 9 heteroatoms. The van der Waals surface area contributed by atoms with Crippen molar-refractivity contribution in [3.8, 4) is 11.5 Å². The largest absolute Gasteiger partial charge is 0.469 e. The number of aryl methyl sites for hydroxylation is 1. The number of nitro groups is 1. The van der Waals surface area contributed by atoms with Crippen molar-refractivity contribution in [3.63, 3.8) is 0 Å². The molecular formula is C14H11N3O6. The van der Waals surface area contributed by atoms with E-state index < -0.39 is 10.8 Å². The van der Waals surface area contributed by atoms with E-state index in [1.165, 1.54) is 30.7 Å². The monoisotopic (exact) mass is 317 g/mol. The van der Waals surface area contributed by atoms with Gasteiger partial charge >= 0.3 is 0 Å². The molecule has 23 heavy (non-hydrogen) atoms. The zero-order valence-corrected chi connectivity index (χ0v) is 11.9. The van der Waals surface area contributed by atoms with Crippen molar-refractivity contribution in [1.29, 1.82) is 0 Å². The number of nitrogens with zero attached hydrogens (tertiary/aromatic N) is 2. The normalized spacial score (nSPS) is 12.6. The van der Waals surface area contributed by atoms with E-state index in [1.807, 2.05) is 0 Å². The second kappa shape index (κ2) is 5.79. The highest BCUT2D eigenvalue weighted by Crippen LogP contribution is 2.37. The fourth-order valence-corrected chi connectivity index (χ4v) is 2.05. The fourth-order valence-electron chi connectivity index (χ4n) is 2.05. The lowest BCUT2D eigenvalue weighted by molar-refractivity contribution is -0.385. The Morgan fingerprint density at radius 2 is 2.13 bits per heavy atom. The van der Waals surface area contributed by atoms with Crippen LogP contribution in [0.5, 0.6) is 11.5 Å². The molecule has 9 nitrogen and oxygen atoms in total. The van der Waals surface area contributed by atoms with Gasteiger partial charge in [-0.05, 0) is 19.1 Å². The molecular weight excluding hydrogens is 306 g/mol. The van der Waals surface area contributed by atoms with Crippen molar-refractivity contribution in [2.24, 2.45) is 5.10 Å². The van der Waals surface area contributed by atoms with Crippen LogP contribution >= 0.6 is 0 Å². The third-order valence-corrected chi connectivity index (χ3v) is 3.19. The van der Waals surface area contributed by atoms with Gasteiger partial charge < -0.3 is 13.9 Å². The maximum atomic E-state index is 11.9. The summed E-state index contributed by atoms with van der Waals surface area (Å²) in [4.78, 5) is 22.4. The Kier molecular flexibility index (Phi) is 3.67. The van der Waals surface area contributed by atoms with Crippen LogP contribution in [0.15, 0.2) is 34.0 Å². The number of hydrogen-bond donors (Lipinski definition) is 1. The molecule has 2 aromatic rings. The molecule has 118 valence electrons. The summed E-state index contributed by atoms with van der Waals surface area (Å²) in [5.41, 5.74) is 2.60. The summed E-state index contributed by atoms with van der Waals surface area (Å²) in [7, 11) is 0. The van der Waals surface area contributed by atoms with E-state index in [2.05, 4.69) is 10.5 Å². The molecule has 0 radical (unpaired) electrons. The predicted octanol–water partition coefficient (Wildman–Crippen LogP) is 1.99. The first kappa shape index (κ1) is 14.6. The van der Waals surface area contributed by atoms with Crippen molar-refractivity contribution >= 4 is 17.8 Å². The molecule has 1 N–H and O–H groups in total. The first-order valence-corrected chi connectivity index (χ1v) is 6.52. The molecule has 0 saturated heterocycles. The van der Waals surface area contributed by atoms with Crippen LogP contribution < -0.4 is 14.9 Å². The molecule has 1 aliphatic rings. The van der Waals surface area contributed by atoms with Crippen LogP contribution in [-0.4, -0.2) is 23.8 Å². The average molecular weight is 317 g/mol. The fraction of sp³-hybridized carbons (Fsp3) is 0.143. The Labute approximate surface area is 129 Å². The van der Waals surface area contributed by atoms with Crippen LogP contribution in [0.25, 0.3) is 0 Å². The SMILES string of the molecule is Cc1occc1C(=O)N/N=C/c1cc2c(cc1[N+](=O)[O-])OCO2. The van der Waals surface area contributed by atoms with Gasteiger partial charge in [0.15, 0.2) is 11.5 Å². The summed E-state index contributed by atoms with van der Waals surface area (Å²) in [5, 5.41) is 14.8. The van der Waals surface area contributed by atoms with Crippen LogP contribution in [-0.2, 0) is 0 Å². The number of rotatable bonds is 4. The average Bonchev–Trinajstić information content (AvgIpc) is 3.14. The van der Waals surface area contributed by atoms with Crippen molar-refractivity contribution in [2.45, 2.75) is 6.92 Å². The second-order valence-corrected chi connectivity index (χ2v) is 4.61. The Hall–Kier alpha value is -3.36. The molecule has 0 bridgehead atoms. The summed E-state index contributed by atoms with van der Waals surface area (Å²) in [6.07, 6.45) is 2.56. The number of carbonyl (C=O) groups excluding carboxylic acids is 1. The second-order valence-electron chi connectivity index (χ2n) is 4.61. The van der Waals surface area contributed by atoms with Crippen LogP contribution in [0.3, 0.4) is 0 Å². The van der Waals surface area contributed by atoms with Gasteiger partial charge in [-0.2, -0.15) is 5.10 Å². The highest BCUT2D eigenvalue weighted by molar-refractivity contribution is 5.96. The van der Waals surface area contributed by atoms with E-state index in [0.717, 1.165) is 0 Å². The molecule has 0 saturated carbocycles. The van der Waals surface area contributed by atoms with E-state index >= 15 is 0 Å². The number of amides is 1. The van der Waals surface area contributed by atoms with Gasteiger partial charge in [-0.1, -0.05) is 0 Å². The molecule has 2 heterocycles. The number of carbonyl (C=O) groups is 1. The minimum Gasteiger partial charge on any atom is -0.469 e. The minimum atomic E-state index is -0.564. The molecule has 0 atom stereocenters. The number of nitrogens with one attached hydrogen (secondary N) is 1. The standard InChI is InChI=1S/C14H11N3O6/c1-8-10(2-3-21-8)14(18)16-15-6-9-4-12-13(23-7-22-12)5-11(9)17(19)20/h2-6H,7H2,1H3,(H,16,18)/b15-6+. The number of furan rings is 1. The first-order valence-electron chi connectivity index (χ1n) is 6.52. The third-order valence-electron chi connectivity index (χ3n) is 3.19. The van der Waals surface area contributed by atoms with E-state index in [-0.39, 0.29) is 18.0 Å². The zero-order chi connectivity index (χ0) is 16.4. The van der Waals surface area contributed by atoms with E-state index in [0.29, 0.717) is 22.8 Å². The molecule has 1 amide bonds. The lowest BCUT2D eigenvalue weighted by Crippen LogP contribution is -2.17. The summed E-state index contributed by atoms with van der Waals surface area (Å²) < 4.78 is 15.3. The Morgan fingerprint density at radius 3 is 2.78 bits per heavy atom. The third kappa shape index (κ3) is 2.84. The Morgan fingerprint density at radius 1 is 1.39 bits per heavy atom. The summed E-state index contributed by atoms with van der Waals surface area (Å²) >= 11 is 0. The van der Waals surface area contributed by atoms with Gasteiger partial charge in [0.05, 0.1) is 34.6 Å². The van der Waals surface area contributed by atoms with Crippen molar-refractivity contribution < 1.29 is 23.6 Å². The van der Waals surface area contributed by atoms with Gasteiger partial charge in [0.1, 0.15) is 5.76 Å². The molecule has 1 aromatic carbocycles. The van der Waals surface area contributed by atoms with Crippen LogP contribution in [0, 0.1) is 17.0 Å². The Balaban J connectivity index is 1.81. The summed E-state index contributed by atoms with van der Waals surface area (Å²) in [6.45, 7) is 1.64. The highest BCUT2D eigenvalue weighted by Gasteiger charge is 2.22. The molecule has 0 fully saturated rings. The maximum absolute atomic E-state index is 11.9. The molecule has 3 rings (SSSR count). The smallest absolute Gasteiger partial charge is 0.282 e. The van der Waals surface area contributed by atoms with Crippen molar-refractivity contribution in [2.75, 3.05) is 6.79 Å². The quantitative estimate of drug-likeness (QED) is 0.523. The number of ether oxygens (including phenoxy) is 2. The Bertz CT molecular complexity index is 811. The lowest BCUT2D eigenvalue weighted by Gasteiger charge is -2.01. The van der Waals surface area contributed by atoms with Gasteiger partial charge in [-0.3, -0.25) is 14.9 Å². The van der Waals surface area contributed by atoms with Crippen LogP contribution in [0.2, 0.25) is 0 Å². The van der Waals surface area contributed by atoms with Gasteiger partial charge in [0.25, 0.3) is 11.6 Å². The number of nitro benzene ring substituents is 1. The highest BCUT2D eigenvalue weighted by atomic mass is 16.7. The van der Waals surface area contributed by atoms with Crippen molar-refractivity contribution in [3.05, 3.63) is 51.5 Å². The molecule has 0 spiro atoms. The molecule has 1 aliphatic heterocycles.